The summed E-state index contributed by atoms with van der Waals surface area (Å²) in [6.45, 7) is 5.40. The van der Waals surface area contributed by atoms with Crippen LogP contribution in [-0.2, 0) is 0 Å². The summed E-state index contributed by atoms with van der Waals surface area (Å²) < 4.78 is 0. The molecule has 2 nitrogen and oxygen atoms in total. The molecule has 2 N–H and O–H groups in total. The molecule has 1 fully saturated rings. The van der Waals surface area contributed by atoms with Gasteiger partial charge in [-0.1, -0.05) is 20.3 Å². The maximum absolute atomic E-state index is 9.78. The monoisotopic (exact) mass is 171 g/mol. The molecule has 1 heterocycles. The molecule has 0 spiro atoms. The van der Waals surface area contributed by atoms with E-state index in [1.165, 1.54) is 12.8 Å². The van der Waals surface area contributed by atoms with E-state index in [0.29, 0.717) is 12.0 Å². The van der Waals surface area contributed by atoms with Crippen LogP contribution in [0.3, 0.4) is 0 Å². The maximum atomic E-state index is 9.78. The SMILES string of the molecule is CC(C)C[C@@H](O)[C@H]1CCCCN1. The Labute approximate surface area is 75.4 Å². The molecule has 72 valence electrons. The van der Waals surface area contributed by atoms with Crippen molar-refractivity contribution in [3.05, 3.63) is 0 Å². The summed E-state index contributed by atoms with van der Waals surface area (Å²) in [5, 5.41) is 13.2. The molecule has 0 bridgehead atoms. The fourth-order valence-corrected chi connectivity index (χ4v) is 1.85. The van der Waals surface area contributed by atoms with Crippen LogP contribution in [0.25, 0.3) is 0 Å². The third kappa shape index (κ3) is 3.11. The molecule has 2 atom stereocenters. The predicted molar refractivity (Wildman–Crippen MR) is 51.1 cm³/mol. The minimum atomic E-state index is -0.134. The summed E-state index contributed by atoms with van der Waals surface area (Å²) in [5.41, 5.74) is 0. The number of rotatable bonds is 3. The van der Waals surface area contributed by atoms with Crippen molar-refractivity contribution in [1.29, 1.82) is 0 Å². The molecule has 12 heavy (non-hydrogen) atoms. The second kappa shape index (κ2) is 4.83. The van der Waals surface area contributed by atoms with Gasteiger partial charge in [-0.3, -0.25) is 0 Å². The molecule has 0 unspecified atom stereocenters. The predicted octanol–water partition coefficient (Wildman–Crippen LogP) is 1.54. The van der Waals surface area contributed by atoms with Gasteiger partial charge in [0.15, 0.2) is 0 Å². The first-order chi connectivity index (χ1) is 5.70. The van der Waals surface area contributed by atoms with Crippen LogP contribution >= 0.6 is 0 Å². The van der Waals surface area contributed by atoms with Gasteiger partial charge in [-0.25, -0.2) is 0 Å². The topological polar surface area (TPSA) is 32.3 Å². The van der Waals surface area contributed by atoms with Crippen LogP contribution in [0.15, 0.2) is 0 Å². The van der Waals surface area contributed by atoms with E-state index in [4.69, 9.17) is 0 Å². The first-order valence-corrected chi connectivity index (χ1v) is 5.11. The summed E-state index contributed by atoms with van der Waals surface area (Å²) in [5.74, 6) is 0.601. The lowest BCUT2D eigenvalue weighted by molar-refractivity contribution is 0.0928. The molecular weight excluding hydrogens is 150 g/mol. The summed E-state index contributed by atoms with van der Waals surface area (Å²) in [6, 6.07) is 0.362. The Kier molecular flexibility index (Phi) is 4.02. The van der Waals surface area contributed by atoms with Crippen LogP contribution in [-0.4, -0.2) is 23.8 Å². The van der Waals surface area contributed by atoms with Crippen molar-refractivity contribution in [3.8, 4) is 0 Å². The number of nitrogens with one attached hydrogen (secondary N) is 1. The van der Waals surface area contributed by atoms with Gasteiger partial charge >= 0.3 is 0 Å². The van der Waals surface area contributed by atoms with E-state index in [2.05, 4.69) is 19.2 Å². The Bertz CT molecular complexity index is 119. The van der Waals surface area contributed by atoms with E-state index in [1.807, 2.05) is 0 Å². The molecule has 1 aliphatic rings. The van der Waals surface area contributed by atoms with E-state index in [0.717, 1.165) is 19.4 Å². The van der Waals surface area contributed by atoms with Crippen LogP contribution in [0.1, 0.15) is 39.5 Å². The molecule has 0 aromatic carbocycles. The van der Waals surface area contributed by atoms with E-state index in [1.54, 1.807) is 0 Å². The first kappa shape index (κ1) is 10.0. The Morgan fingerprint density at radius 1 is 1.42 bits per heavy atom. The van der Waals surface area contributed by atoms with Crippen LogP contribution in [0.4, 0.5) is 0 Å². The quantitative estimate of drug-likeness (QED) is 0.675. The highest BCUT2D eigenvalue weighted by Gasteiger charge is 2.21. The molecule has 0 aromatic heterocycles. The van der Waals surface area contributed by atoms with E-state index in [-0.39, 0.29) is 6.10 Å². The van der Waals surface area contributed by atoms with E-state index in [9.17, 15) is 5.11 Å². The maximum Gasteiger partial charge on any atom is 0.0695 e. The van der Waals surface area contributed by atoms with Gasteiger partial charge < -0.3 is 10.4 Å². The average molecular weight is 171 g/mol. The fourth-order valence-electron chi connectivity index (χ4n) is 1.85. The zero-order chi connectivity index (χ0) is 8.97. The Morgan fingerprint density at radius 2 is 2.17 bits per heavy atom. The first-order valence-electron chi connectivity index (χ1n) is 5.11. The van der Waals surface area contributed by atoms with Crippen LogP contribution < -0.4 is 5.32 Å². The molecule has 0 saturated carbocycles. The highest BCUT2D eigenvalue weighted by molar-refractivity contribution is 4.79. The van der Waals surface area contributed by atoms with Gasteiger partial charge in [-0.05, 0) is 31.7 Å². The van der Waals surface area contributed by atoms with Crippen molar-refractivity contribution in [2.45, 2.75) is 51.7 Å². The van der Waals surface area contributed by atoms with Gasteiger partial charge in [0.25, 0.3) is 0 Å². The molecule has 0 amide bonds. The molecule has 1 aliphatic heterocycles. The van der Waals surface area contributed by atoms with Gasteiger partial charge in [-0.15, -0.1) is 0 Å². The highest BCUT2D eigenvalue weighted by Crippen LogP contribution is 2.15. The third-order valence-corrected chi connectivity index (χ3v) is 2.53. The van der Waals surface area contributed by atoms with Gasteiger partial charge in [0.05, 0.1) is 6.10 Å². The van der Waals surface area contributed by atoms with Crippen molar-refractivity contribution in [2.75, 3.05) is 6.54 Å². The van der Waals surface area contributed by atoms with Gasteiger partial charge in [0.2, 0.25) is 0 Å². The number of piperidine rings is 1. The van der Waals surface area contributed by atoms with Crippen LogP contribution in [0.2, 0.25) is 0 Å². The minimum Gasteiger partial charge on any atom is -0.391 e. The third-order valence-electron chi connectivity index (χ3n) is 2.53. The average Bonchev–Trinajstić information content (AvgIpc) is 2.05. The molecule has 1 rings (SSSR count). The molecule has 1 saturated heterocycles. The number of hydrogen-bond donors (Lipinski definition) is 2. The molecule has 2 heteroatoms. The number of aliphatic hydroxyl groups excluding tert-OH is 1. The van der Waals surface area contributed by atoms with Gasteiger partial charge in [0.1, 0.15) is 0 Å². The minimum absolute atomic E-state index is 0.134. The Hall–Kier alpha value is -0.0800. The summed E-state index contributed by atoms with van der Waals surface area (Å²) in [4.78, 5) is 0. The van der Waals surface area contributed by atoms with Crippen LogP contribution in [0.5, 0.6) is 0 Å². The van der Waals surface area contributed by atoms with E-state index < -0.39 is 0 Å². The van der Waals surface area contributed by atoms with Gasteiger partial charge in [-0.2, -0.15) is 0 Å². The van der Waals surface area contributed by atoms with Crippen molar-refractivity contribution in [1.82, 2.24) is 5.32 Å². The summed E-state index contributed by atoms with van der Waals surface area (Å²) in [7, 11) is 0. The smallest absolute Gasteiger partial charge is 0.0695 e. The summed E-state index contributed by atoms with van der Waals surface area (Å²) >= 11 is 0. The lowest BCUT2D eigenvalue weighted by atomic mass is 9.94. The molecule has 0 aliphatic carbocycles. The van der Waals surface area contributed by atoms with Crippen molar-refractivity contribution >= 4 is 0 Å². The molecule has 0 radical (unpaired) electrons. The molecule has 0 aromatic rings. The highest BCUT2D eigenvalue weighted by atomic mass is 16.3. The fraction of sp³-hybridized carbons (Fsp3) is 1.00. The zero-order valence-corrected chi connectivity index (χ0v) is 8.21. The second-order valence-electron chi connectivity index (χ2n) is 4.25. The number of aliphatic hydroxyl groups is 1. The van der Waals surface area contributed by atoms with Gasteiger partial charge in [0, 0.05) is 6.04 Å². The van der Waals surface area contributed by atoms with Crippen molar-refractivity contribution in [3.63, 3.8) is 0 Å². The normalized spacial score (nSPS) is 27.5. The van der Waals surface area contributed by atoms with E-state index >= 15 is 0 Å². The van der Waals surface area contributed by atoms with Crippen molar-refractivity contribution in [2.24, 2.45) is 5.92 Å². The molecular formula is C10H21NO. The lowest BCUT2D eigenvalue weighted by Gasteiger charge is -2.28. The second-order valence-corrected chi connectivity index (χ2v) is 4.25. The van der Waals surface area contributed by atoms with Crippen molar-refractivity contribution < 1.29 is 5.11 Å². The largest absolute Gasteiger partial charge is 0.391 e. The number of hydrogen-bond acceptors (Lipinski definition) is 2. The summed E-state index contributed by atoms with van der Waals surface area (Å²) in [6.07, 6.45) is 4.48. The standard InChI is InChI=1S/C10H21NO/c1-8(2)7-10(12)9-5-3-4-6-11-9/h8-12H,3-7H2,1-2H3/t9-,10-/m1/s1. The Balaban J connectivity index is 2.24. The Morgan fingerprint density at radius 3 is 2.67 bits per heavy atom. The van der Waals surface area contributed by atoms with Crippen LogP contribution in [0, 0.1) is 5.92 Å². The zero-order valence-electron chi connectivity index (χ0n) is 8.21. The lowest BCUT2D eigenvalue weighted by Crippen LogP contribution is -2.43.